The lowest BCUT2D eigenvalue weighted by molar-refractivity contribution is 0.426. The summed E-state index contributed by atoms with van der Waals surface area (Å²) in [5.41, 5.74) is 10.1. The normalized spacial score (nSPS) is 25.5. The van der Waals surface area contributed by atoms with Crippen LogP contribution in [0.1, 0.15) is 29.5 Å². The number of fused-ring (bicyclic) bond motifs is 3. The molecular formula is C18H16Cl2N2. The van der Waals surface area contributed by atoms with E-state index < -0.39 is 0 Å². The molecule has 3 N–H and O–H groups in total. The van der Waals surface area contributed by atoms with E-state index in [1.165, 1.54) is 5.56 Å². The van der Waals surface area contributed by atoms with Crippen molar-refractivity contribution >= 4 is 34.6 Å². The Morgan fingerprint density at radius 2 is 1.86 bits per heavy atom. The topological polar surface area (TPSA) is 38.0 Å². The van der Waals surface area contributed by atoms with Gasteiger partial charge in [0.25, 0.3) is 0 Å². The summed E-state index contributed by atoms with van der Waals surface area (Å²) in [6, 6.07) is 11.8. The zero-order chi connectivity index (χ0) is 15.3. The van der Waals surface area contributed by atoms with E-state index in [1.807, 2.05) is 30.3 Å². The number of nitrogens with one attached hydrogen (secondary N) is 1. The standard InChI is InChI=1S/C18H16Cl2N2/c19-14-5-2-6-15(20)17(14)18-12-4-1-3-11(12)13-9-10(21)7-8-16(13)22-18/h1-3,5-9,11-12,18,22H,4,21H2. The molecule has 2 nitrogen and oxygen atoms in total. The van der Waals surface area contributed by atoms with Gasteiger partial charge in [0.15, 0.2) is 0 Å². The van der Waals surface area contributed by atoms with Gasteiger partial charge in [-0.1, -0.05) is 41.4 Å². The van der Waals surface area contributed by atoms with E-state index in [0.29, 0.717) is 11.8 Å². The predicted octanol–water partition coefficient (Wildman–Crippen LogP) is 5.40. The lowest BCUT2D eigenvalue weighted by Crippen LogP contribution is -2.29. The van der Waals surface area contributed by atoms with Crippen molar-refractivity contribution in [3.63, 3.8) is 0 Å². The molecule has 3 unspecified atom stereocenters. The fraction of sp³-hybridized carbons (Fsp3) is 0.222. The molecule has 2 aromatic carbocycles. The molecule has 112 valence electrons. The highest BCUT2D eigenvalue weighted by Gasteiger charge is 2.39. The molecule has 2 aromatic rings. The average molecular weight is 331 g/mol. The maximum Gasteiger partial charge on any atom is 0.0583 e. The number of benzene rings is 2. The van der Waals surface area contributed by atoms with Crippen molar-refractivity contribution in [2.45, 2.75) is 18.4 Å². The number of halogens is 2. The monoisotopic (exact) mass is 330 g/mol. The van der Waals surface area contributed by atoms with Crippen molar-refractivity contribution in [3.8, 4) is 0 Å². The Morgan fingerprint density at radius 3 is 2.64 bits per heavy atom. The lowest BCUT2D eigenvalue weighted by atomic mass is 9.77. The van der Waals surface area contributed by atoms with Gasteiger partial charge in [0.05, 0.1) is 6.04 Å². The second-order valence-corrected chi connectivity index (χ2v) is 6.77. The van der Waals surface area contributed by atoms with Crippen LogP contribution < -0.4 is 11.1 Å². The van der Waals surface area contributed by atoms with Crippen molar-refractivity contribution in [1.82, 2.24) is 0 Å². The maximum absolute atomic E-state index is 6.44. The number of nitrogen functional groups attached to an aromatic ring is 1. The van der Waals surface area contributed by atoms with Gasteiger partial charge in [-0.3, -0.25) is 0 Å². The van der Waals surface area contributed by atoms with Crippen LogP contribution in [0.15, 0.2) is 48.6 Å². The van der Waals surface area contributed by atoms with Gasteiger partial charge in [-0.25, -0.2) is 0 Å². The molecule has 1 heterocycles. The zero-order valence-electron chi connectivity index (χ0n) is 11.9. The van der Waals surface area contributed by atoms with E-state index in [4.69, 9.17) is 28.9 Å². The van der Waals surface area contributed by atoms with Gasteiger partial charge in [-0.15, -0.1) is 0 Å². The molecular weight excluding hydrogens is 315 g/mol. The quantitative estimate of drug-likeness (QED) is 0.542. The van der Waals surface area contributed by atoms with Gasteiger partial charge < -0.3 is 11.1 Å². The lowest BCUT2D eigenvalue weighted by Gasteiger charge is -2.38. The first-order chi connectivity index (χ1) is 10.6. The molecule has 4 rings (SSSR count). The van der Waals surface area contributed by atoms with Gasteiger partial charge in [-0.2, -0.15) is 0 Å². The van der Waals surface area contributed by atoms with Crippen LogP contribution in [0, 0.1) is 5.92 Å². The van der Waals surface area contributed by atoms with E-state index in [0.717, 1.165) is 33.4 Å². The second-order valence-electron chi connectivity index (χ2n) is 5.96. The van der Waals surface area contributed by atoms with E-state index in [2.05, 4.69) is 23.5 Å². The minimum absolute atomic E-state index is 0.109. The molecule has 3 atom stereocenters. The minimum atomic E-state index is 0.109. The average Bonchev–Trinajstić information content (AvgIpc) is 2.97. The van der Waals surface area contributed by atoms with E-state index in [-0.39, 0.29) is 6.04 Å². The summed E-state index contributed by atoms with van der Waals surface area (Å²) >= 11 is 12.9. The Bertz CT molecular complexity index is 749. The van der Waals surface area contributed by atoms with Gasteiger partial charge in [0, 0.05) is 32.9 Å². The third kappa shape index (κ3) is 2.10. The smallest absolute Gasteiger partial charge is 0.0583 e. The van der Waals surface area contributed by atoms with E-state index in [9.17, 15) is 0 Å². The summed E-state index contributed by atoms with van der Waals surface area (Å²) in [4.78, 5) is 0. The third-order valence-corrected chi connectivity index (χ3v) is 5.36. The summed E-state index contributed by atoms with van der Waals surface area (Å²) in [6.45, 7) is 0. The Balaban J connectivity index is 1.85. The molecule has 4 heteroatoms. The molecule has 0 aromatic heterocycles. The number of hydrogen-bond donors (Lipinski definition) is 2. The molecule has 0 amide bonds. The van der Waals surface area contributed by atoms with Crippen LogP contribution in [0.25, 0.3) is 0 Å². The van der Waals surface area contributed by atoms with Crippen LogP contribution in [0.5, 0.6) is 0 Å². The van der Waals surface area contributed by atoms with Crippen LogP contribution in [0.4, 0.5) is 11.4 Å². The van der Waals surface area contributed by atoms with Crippen molar-refractivity contribution in [2.75, 3.05) is 11.1 Å². The fourth-order valence-electron chi connectivity index (χ4n) is 3.71. The van der Waals surface area contributed by atoms with Crippen molar-refractivity contribution in [3.05, 3.63) is 69.7 Å². The molecule has 0 bridgehead atoms. The SMILES string of the molecule is Nc1ccc2c(c1)C1C=CCC1C(c1c(Cl)cccc1Cl)N2. The van der Waals surface area contributed by atoms with Crippen molar-refractivity contribution < 1.29 is 0 Å². The molecule has 22 heavy (non-hydrogen) atoms. The number of anilines is 2. The highest BCUT2D eigenvalue weighted by molar-refractivity contribution is 6.36. The first kappa shape index (κ1) is 14.0. The molecule has 0 radical (unpaired) electrons. The Morgan fingerprint density at radius 1 is 1.09 bits per heavy atom. The number of rotatable bonds is 1. The van der Waals surface area contributed by atoms with Crippen molar-refractivity contribution in [2.24, 2.45) is 5.92 Å². The molecule has 0 fully saturated rings. The minimum Gasteiger partial charge on any atom is -0.399 e. The van der Waals surface area contributed by atoms with E-state index in [1.54, 1.807) is 0 Å². The summed E-state index contributed by atoms with van der Waals surface area (Å²) in [5, 5.41) is 5.06. The summed E-state index contributed by atoms with van der Waals surface area (Å²) in [5.74, 6) is 0.767. The van der Waals surface area contributed by atoms with Crippen LogP contribution in [0.3, 0.4) is 0 Å². The third-order valence-electron chi connectivity index (χ3n) is 4.70. The Labute approximate surface area is 139 Å². The molecule has 0 saturated carbocycles. The van der Waals surface area contributed by atoms with Gasteiger partial charge in [0.1, 0.15) is 0 Å². The molecule has 1 aliphatic heterocycles. The first-order valence-electron chi connectivity index (χ1n) is 7.41. The highest BCUT2D eigenvalue weighted by atomic mass is 35.5. The molecule has 0 saturated heterocycles. The Hall–Kier alpha value is -1.64. The predicted molar refractivity (Wildman–Crippen MR) is 93.7 cm³/mol. The number of hydrogen-bond acceptors (Lipinski definition) is 2. The van der Waals surface area contributed by atoms with Crippen LogP contribution in [0.2, 0.25) is 10.0 Å². The second kappa shape index (κ2) is 5.22. The maximum atomic E-state index is 6.44. The van der Waals surface area contributed by atoms with Crippen molar-refractivity contribution in [1.29, 1.82) is 0 Å². The van der Waals surface area contributed by atoms with Gasteiger partial charge in [-0.05, 0) is 48.2 Å². The summed E-state index contributed by atoms with van der Waals surface area (Å²) < 4.78 is 0. The molecule has 1 aliphatic carbocycles. The fourth-order valence-corrected chi connectivity index (χ4v) is 4.34. The molecule has 2 aliphatic rings. The van der Waals surface area contributed by atoms with Crippen LogP contribution in [-0.4, -0.2) is 0 Å². The molecule has 0 spiro atoms. The van der Waals surface area contributed by atoms with Crippen LogP contribution in [-0.2, 0) is 0 Å². The van der Waals surface area contributed by atoms with E-state index >= 15 is 0 Å². The summed E-state index contributed by atoms with van der Waals surface area (Å²) in [7, 11) is 0. The Kier molecular flexibility index (Phi) is 3.32. The zero-order valence-corrected chi connectivity index (χ0v) is 13.4. The van der Waals surface area contributed by atoms with Gasteiger partial charge in [0.2, 0.25) is 0 Å². The number of allylic oxidation sites excluding steroid dienone is 2. The highest BCUT2D eigenvalue weighted by Crippen LogP contribution is 2.52. The first-order valence-corrected chi connectivity index (χ1v) is 8.17. The van der Waals surface area contributed by atoms with Crippen LogP contribution >= 0.6 is 23.2 Å². The number of nitrogens with two attached hydrogens (primary N) is 1. The summed E-state index contributed by atoms with van der Waals surface area (Å²) in [6.07, 6.45) is 5.53. The largest absolute Gasteiger partial charge is 0.399 e. The van der Waals surface area contributed by atoms with Gasteiger partial charge >= 0.3 is 0 Å².